The third-order valence-electron chi connectivity index (χ3n) is 2.86. The second-order valence-electron chi connectivity index (χ2n) is 4.51. The Morgan fingerprint density at radius 3 is 2.46 bits per heavy atom. The zero-order valence-electron chi connectivity index (χ0n) is 12.6. The lowest BCUT2D eigenvalue weighted by atomic mass is 10.3. The number of ether oxygens (including phenoxy) is 3. The number of anilines is 1. The summed E-state index contributed by atoms with van der Waals surface area (Å²) in [4.78, 5) is 11.8. The minimum atomic E-state index is -3.13. The number of benzene rings is 2. The van der Waals surface area contributed by atoms with Gasteiger partial charge >= 0.3 is 6.61 Å². The van der Waals surface area contributed by atoms with E-state index in [2.05, 4.69) is 10.1 Å². The third-order valence-corrected chi connectivity index (χ3v) is 2.86. The maximum Gasteiger partial charge on any atom is 0.387 e. The molecule has 0 fully saturated rings. The molecule has 0 atom stereocenters. The Bertz CT molecular complexity index is 709. The smallest absolute Gasteiger partial charge is 0.387 e. The molecule has 0 heterocycles. The first-order chi connectivity index (χ1) is 11.5. The highest BCUT2D eigenvalue weighted by Gasteiger charge is 2.12. The fourth-order valence-corrected chi connectivity index (χ4v) is 1.85. The summed E-state index contributed by atoms with van der Waals surface area (Å²) in [7, 11) is 1.47. The summed E-state index contributed by atoms with van der Waals surface area (Å²) in [6.45, 7) is -3.47. The van der Waals surface area contributed by atoms with E-state index in [4.69, 9.17) is 9.47 Å². The van der Waals surface area contributed by atoms with Gasteiger partial charge in [0.2, 0.25) is 0 Å². The minimum Gasteiger partial charge on any atom is -0.493 e. The van der Waals surface area contributed by atoms with E-state index in [-0.39, 0.29) is 12.3 Å². The molecule has 0 saturated heterocycles. The molecule has 2 rings (SSSR count). The van der Waals surface area contributed by atoms with E-state index in [1.165, 1.54) is 13.2 Å². The number of methoxy groups -OCH3 is 1. The largest absolute Gasteiger partial charge is 0.493 e. The Morgan fingerprint density at radius 1 is 1.12 bits per heavy atom. The number of carbonyl (C=O) groups excluding carboxylic acids is 1. The molecule has 0 unspecified atom stereocenters. The van der Waals surface area contributed by atoms with Crippen LogP contribution in [-0.2, 0) is 4.79 Å². The van der Waals surface area contributed by atoms with Crippen LogP contribution in [-0.4, -0.2) is 26.2 Å². The molecule has 0 aliphatic rings. The van der Waals surface area contributed by atoms with Crippen molar-refractivity contribution in [1.82, 2.24) is 0 Å². The fraction of sp³-hybridized carbons (Fsp3) is 0.188. The van der Waals surface area contributed by atoms with Crippen LogP contribution in [0.5, 0.6) is 17.2 Å². The molecular formula is C16H14F3NO4. The van der Waals surface area contributed by atoms with Crippen molar-refractivity contribution in [1.29, 1.82) is 0 Å². The Labute approximate surface area is 135 Å². The van der Waals surface area contributed by atoms with Crippen LogP contribution in [0.1, 0.15) is 0 Å². The normalized spacial score (nSPS) is 10.4. The highest BCUT2D eigenvalue weighted by atomic mass is 19.3. The van der Waals surface area contributed by atoms with E-state index in [1.807, 2.05) is 0 Å². The van der Waals surface area contributed by atoms with E-state index in [1.54, 1.807) is 24.3 Å². The molecule has 0 aliphatic heterocycles. The first kappa shape index (κ1) is 17.5. The number of rotatable bonds is 7. The van der Waals surface area contributed by atoms with Crippen LogP contribution in [0.15, 0.2) is 42.5 Å². The number of amides is 1. The lowest BCUT2D eigenvalue weighted by Gasteiger charge is -2.11. The van der Waals surface area contributed by atoms with Crippen LogP contribution in [0.2, 0.25) is 0 Å². The van der Waals surface area contributed by atoms with Gasteiger partial charge < -0.3 is 19.5 Å². The minimum absolute atomic E-state index is 0.0859. The second kappa shape index (κ2) is 8.09. The average molecular weight is 341 g/mol. The zero-order chi connectivity index (χ0) is 17.5. The summed E-state index contributed by atoms with van der Waals surface area (Å²) in [5.41, 5.74) is 0.0859. The second-order valence-corrected chi connectivity index (χ2v) is 4.51. The highest BCUT2D eigenvalue weighted by molar-refractivity contribution is 5.92. The van der Waals surface area contributed by atoms with Gasteiger partial charge in [-0.15, -0.1) is 0 Å². The van der Waals surface area contributed by atoms with Gasteiger partial charge in [-0.1, -0.05) is 12.1 Å². The van der Waals surface area contributed by atoms with Crippen LogP contribution in [0.4, 0.5) is 18.9 Å². The molecule has 0 spiro atoms. The van der Waals surface area contributed by atoms with Gasteiger partial charge in [0.25, 0.3) is 5.91 Å². The maximum atomic E-state index is 13.6. The standard InChI is InChI=1S/C16H14F3NO4/c1-22-13-4-2-3-5-14(13)23-9-15(21)20-10-6-7-12(11(17)8-10)24-16(18)19/h2-8,16H,9H2,1H3,(H,20,21). The number of para-hydroxylation sites is 2. The van der Waals surface area contributed by atoms with E-state index in [9.17, 15) is 18.0 Å². The molecule has 2 aromatic carbocycles. The molecule has 0 aliphatic carbocycles. The van der Waals surface area contributed by atoms with Crippen LogP contribution < -0.4 is 19.5 Å². The lowest BCUT2D eigenvalue weighted by molar-refractivity contribution is -0.118. The number of nitrogens with one attached hydrogen (secondary N) is 1. The first-order valence-corrected chi connectivity index (χ1v) is 6.79. The van der Waals surface area contributed by atoms with Crippen molar-refractivity contribution < 1.29 is 32.2 Å². The van der Waals surface area contributed by atoms with Gasteiger partial charge in [-0.25, -0.2) is 4.39 Å². The van der Waals surface area contributed by atoms with Gasteiger partial charge in [0.1, 0.15) is 0 Å². The van der Waals surface area contributed by atoms with Gasteiger partial charge in [-0.3, -0.25) is 4.79 Å². The van der Waals surface area contributed by atoms with E-state index >= 15 is 0 Å². The average Bonchev–Trinajstić information content (AvgIpc) is 2.55. The summed E-state index contributed by atoms with van der Waals surface area (Å²) < 4.78 is 52.0. The molecule has 1 N–H and O–H groups in total. The Balaban J connectivity index is 1.94. The van der Waals surface area contributed by atoms with Crippen molar-refractivity contribution in [2.75, 3.05) is 19.0 Å². The van der Waals surface area contributed by atoms with E-state index in [0.29, 0.717) is 11.5 Å². The molecule has 2 aromatic rings. The number of hydrogen-bond donors (Lipinski definition) is 1. The topological polar surface area (TPSA) is 56.8 Å². The zero-order valence-corrected chi connectivity index (χ0v) is 12.6. The molecule has 0 radical (unpaired) electrons. The van der Waals surface area contributed by atoms with Gasteiger partial charge in [0.15, 0.2) is 29.7 Å². The van der Waals surface area contributed by atoms with Crippen molar-refractivity contribution in [3.05, 3.63) is 48.3 Å². The summed E-state index contributed by atoms with van der Waals surface area (Å²) in [6, 6.07) is 9.87. The lowest BCUT2D eigenvalue weighted by Crippen LogP contribution is -2.20. The molecule has 128 valence electrons. The van der Waals surface area contributed by atoms with Crippen LogP contribution in [0.3, 0.4) is 0 Å². The molecule has 5 nitrogen and oxygen atoms in total. The number of halogens is 3. The van der Waals surface area contributed by atoms with Crippen molar-refractivity contribution >= 4 is 11.6 Å². The molecule has 0 saturated carbocycles. The number of alkyl halides is 2. The number of carbonyl (C=O) groups is 1. The summed E-state index contributed by atoms with van der Waals surface area (Å²) in [5.74, 6) is -1.33. The van der Waals surface area contributed by atoms with Gasteiger partial charge in [-0.2, -0.15) is 8.78 Å². The molecular weight excluding hydrogens is 327 g/mol. The fourth-order valence-electron chi connectivity index (χ4n) is 1.85. The monoisotopic (exact) mass is 341 g/mol. The molecule has 8 heteroatoms. The van der Waals surface area contributed by atoms with Gasteiger partial charge in [0.05, 0.1) is 7.11 Å². The molecule has 1 amide bonds. The van der Waals surface area contributed by atoms with Crippen molar-refractivity contribution in [3.63, 3.8) is 0 Å². The Morgan fingerprint density at radius 2 is 1.83 bits per heavy atom. The van der Waals surface area contributed by atoms with Crippen molar-refractivity contribution in [2.24, 2.45) is 0 Å². The summed E-state index contributed by atoms with van der Waals surface area (Å²) in [6.07, 6.45) is 0. The van der Waals surface area contributed by atoms with Crippen LogP contribution in [0.25, 0.3) is 0 Å². The van der Waals surface area contributed by atoms with E-state index < -0.39 is 24.1 Å². The molecule has 0 aromatic heterocycles. The highest BCUT2D eigenvalue weighted by Crippen LogP contribution is 2.26. The predicted octanol–water partition coefficient (Wildman–Crippen LogP) is 3.45. The van der Waals surface area contributed by atoms with E-state index in [0.717, 1.165) is 12.1 Å². The predicted molar refractivity (Wildman–Crippen MR) is 80.2 cm³/mol. The molecule has 0 bridgehead atoms. The molecule has 24 heavy (non-hydrogen) atoms. The van der Waals surface area contributed by atoms with Crippen molar-refractivity contribution in [3.8, 4) is 17.2 Å². The van der Waals surface area contributed by atoms with Crippen LogP contribution >= 0.6 is 0 Å². The van der Waals surface area contributed by atoms with Crippen molar-refractivity contribution in [2.45, 2.75) is 6.61 Å². The Kier molecular flexibility index (Phi) is 5.89. The summed E-state index contributed by atoms with van der Waals surface area (Å²) in [5, 5.41) is 2.38. The SMILES string of the molecule is COc1ccccc1OCC(=O)Nc1ccc(OC(F)F)c(F)c1. The van der Waals surface area contributed by atoms with Gasteiger partial charge in [-0.05, 0) is 24.3 Å². The third kappa shape index (κ3) is 4.80. The quantitative estimate of drug-likeness (QED) is 0.838. The maximum absolute atomic E-state index is 13.6. The first-order valence-electron chi connectivity index (χ1n) is 6.79. The summed E-state index contributed by atoms with van der Waals surface area (Å²) >= 11 is 0. The Hall–Kier alpha value is -2.90. The number of hydrogen-bond acceptors (Lipinski definition) is 4. The van der Waals surface area contributed by atoms with Gasteiger partial charge in [0, 0.05) is 11.8 Å². The van der Waals surface area contributed by atoms with Crippen LogP contribution in [0, 0.1) is 5.82 Å².